The molecule has 2 aliphatic rings. The summed E-state index contributed by atoms with van der Waals surface area (Å²) in [5.74, 6) is 0.286. The highest BCUT2D eigenvalue weighted by atomic mass is 127. The second-order valence-corrected chi connectivity index (χ2v) is 11.9. The van der Waals surface area contributed by atoms with Crippen molar-refractivity contribution < 1.29 is 47.9 Å². The van der Waals surface area contributed by atoms with E-state index in [9.17, 15) is 9.59 Å². The summed E-state index contributed by atoms with van der Waals surface area (Å²) in [4.78, 5) is 30.5. The molecule has 0 aromatic heterocycles. The van der Waals surface area contributed by atoms with Gasteiger partial charge in [-0.15, -0.1) is 0 Å². The molecule has 2 unspecified atom stereocenters. The molecule has 0 saturated carbocycles. The second-order valence-electron chi connectivity index (χ2n) is 10.3. The van der Waals surface area contributed by atoms with E-state index in [1.54, 1.807) is 0 Å². The van der Waals surface area contributed by atoms with E-state index in [0.717, 1.165) is 41.7 Å². The Hall–Kier alpha value is -1.85. The number of carbonyl (C=O) groups is 2. The number of halogens is 5. The molecular formula is C31H37Cl4IN4O4. The molecule has 0 spiro atoms. The van der Waals surface area contributed by atoms with Gasteiger partial charge in [-0.3, -0.25) is 14.5 Å². The van der Waals surface area contributed by atoms with Crippen molar-refractivity contribution in [3.8, 4) is 0 Å². The van der Waals surface area contributed by atoms with Crippen LogP contribution in [0.1, 0.15) is 47.0 Å². The lowest BCUT2D eigenvalue weighted by molar-refractivity contribution is -0.853. The predicted molar refractivity (Wildman–Crippen MR) is 174 cm³/mol. The second kappa shape index (κ2) is 16.6. The van der Waals surface area contributed by atoms with Gasteiger partial charge in [-0.25, -0.2) is 0 Å². The predicted octanol–water partition coefficient (Wildman–Crippen LogP) is 3.63. The molecular weight excluding hydrogens is 761 g/mol. The first-order valence-electron chi connectivity index (χ1n) is 14.4. The van der Waals surface area contributed by atoms with Crippen molar-refractivity contribution in [3.63, 3.8) is 0 Å². The largest absolute Gasteiger partial charge is 1.00 e. The Morgan fingerprint density at radius 1 is 0.841 bits per heavy atom. The minimum Gasteiger partial charge on any atom is -1.00 e. The molecule has 1 N–H and O–H groups in total. The number of esters is 2. The summed E-state index contributed by atoms with van der Waals surface area (Å²) in [5, 5.41) is 1.98. The van der Waals surface area contributed by atoms with Gasteiger partial charge in [-0.1, -0.05) is 52.1 Å². The van der Waals surface area contributed by atoms with Crippen molar-refractivity contribution >= 4 is 81.1 Å². The first-order valence-corrected chi connectivity index (χ1v) is 16.0. The summed E-state index contributed by atoms with van der Waals surface area (Å²) >= 11 is 25.8. The molecule has 0 bridgehead atoms. The zero-order chi connectivity index (χ0) is 31.3. The lowest BCUT2D eigenvalue weighted by atomic mass is 10.2. The van der Waals surface area contributed by atoms with E-state index in [1.165, 1.54) is 18.7 Å². The molecule has 0 aliphatic carbocycles. The first-order chi connectivity index (χ1) is 20.6. The van der Waals surface area contributed by atoms with Crippen LogP contribution in [0.25, 0.3) is 0 Å². The summed E-state index contributed by atoms with van der Waals surface area (Å²) < 4.78 is 10.4. The molecule has 2 aliphatic heterocycles. The highest BCUT2D eigenvalue weighted by molar-refractivity contribution is 6.43. The molecule has 2 heterocycles. The minimum absolute atomic E-state index is 0. The number of rotatable bonds is 12. The third-order valence-corrected chi connectivity index (χ3v) is 8.98. The Kier molecular flexibility index (Phi) is 13.8. The van der Waals surface area contributed by atoms with Gasteiger partial charge in [0, 0.05) is 52.4 Å². The number of hydrogen-bond donors (Lipinski definition) is 1. The molecule has 0 fully saturated rings. The SMILES string of the molecule is CCN1C(=C=CCC2N(CC)c3cc(Cl)c(Cl)cc3[NH+]2CCCOC(C)=O)N(CCCOC(C)=O)c2cc(Cl)c(Cl)cc21.[I-]. The van der Waals surface area contributed by atoms with E-state index >= 15 is 0 Å². The average Bonchev–Trinajstić information content (AvgIpc) is 3.39. The smallest absolute Gasteiger partial charge is 0.302 e. The number of fused-ring (bicyclic) bond motifs is 2. The molecule has 44 heavy (non-hydrogen) atoms. The highest BCUT2D eigenvalue weighted by Crippen LogP contribution is 2.45. The summed E-state index contributed by atoms with van der Waals surface area (Å²) in [6.45, 7) is 10.5. The molecule has 2 aromatic carbocycles. The Balaban J connectivity index is 0.00000529. The fourth-order valence-corrected chi connectivity index (χ4v) is 6.38. The van der Waals surface area contributed by atoms with Crippen molar-refractivity contribution in [2.45, 2.75) is 53.1 Å². The van der Waals surface area contributed by atoms with Crippen molar-refractivity contribution in [2.24, 2.45) is 0 Å². The molecule has 13 heteroatoms. The number of benzene rings is 2. The number of nitrogens with zero attached hydrogens (tertiary/aromatic N) is 3. The molecule has 0 radical (unpaired) electrons. The zero-order valence-electron chi connectivity index (χ0n) is 25.2. The van der Waals surface area contributed by atoms with Gasteiger partial charge in [0.15, 0.2) is 17.7 Å². The van der Waals surface area contributed by atoms with Crippen LogP contribution in [0.3, 0.4) is 0 Å². The molecule has 2 atom stereocenters. The van der Waals surface area contributed by atoms with Gasteiger partial charge in [0.05, 0.1) is 51.2 Å². The average molecular weight is 798 g/mol. The van der Waals surface area contributed by atoms with E-state index in [1.807, 2.05) is 24.3 Å². The summed E-state index contributed by atoms with van der Waals surface area (Å²) in [5.41, 5.74) is 7.58. The van der Waals surface area contributed by atoms with Crippen LogP contribution in [-0.4, -0.2) is 57.5 Å². The third kappa shape index (κ3) is 8.29. The van der Waals surface area contributed by atoms with Crippen LogP contribution in [0.2, 0.25) is 20.1 Å². The summed E-state index contributed by atoms with van der Waals surface area (Å²) in [6, 6.07) is 7.63. The van der Waals surface area contributed by atoms with Crippen LogP contribution in [0.5, 0.6) is 0 Å². The van der Waals surface area contributed by atoms with Crippen LogP contribution in [-0.2, 0) is 19.1 Å². The molecule has 0 amide bonds. The van der Waals surface area contributed by atoms with Gasteiger partial charge < -0.3 is 48.2 Å². The van der Waals surface area contributed by atoms with Gasteiger partial charge in [0.2, 0.25) is 0 Å². The van der Waals surface area contributed by atoms with E-state index < -0.39 is 0 Å². The van der Waals surface area contributed by atoms with Crippen molar-refractivity contribution in [1.29, 1.82) is 0 Å². The normalized spacial score (nSPS) is 16.7. The van der Waals surface area contributed by atoms with Crippen molar-refractivity contribution in [2.75, 3.05) is 54.1 Å². The first kappa shape index (κ1) is 36.6. The fraction of sp³-hybridized carbons (Fsp3) is 0.452. The monoisotopic (exact) mass is 796 g/mol. The number of nitrogens with one attached hydrogen (secondary N) is 1. The standard InChI is InChI=1S/C31H36Cl4N4O4.HI/c1-5-36-26-16-22(32)24(34)18-28(26)38(12-8-14-42-20(3)40)30(36)10-7-11-31-37(6-2)27-17-23(33)25(35)19-29(27)39(31)13-9-15-43-21(4)41;/h7,16-19,30H,5-6,8-10,12-15H2,1-4H3;1H. The van der Waals surface area contributed by atoms with Gasteiger partial charge in [-0.2, -0.15) is 0 Å². The van der Waals surface area contributed by atoms with Gasteiger partial charge in [0.1, 0.15) is 5.69 Å². The van der Waals surface area contributed by atoms with Crippen LogP contribution in [0.15, 0.2) is 41.9 Å². The number of ether oxygens (including phenoxy) is 2. The Labute approximate surface area is 296 Å². The maximum atomic E-state index is 11.3. The lowest BCUT2D eigenvalue weighted by Crippen LogP contribution is -3.11. The van der Waals surface area contributed by atoms with Crippen LogP contribution >= 0.6 is 46.4 Å². The van der Waals surface area contributed by atoms with Crippen molar-refractivity contribution in [3.05, 3.63) is 62.0 Å². The van der Waals surface area contributed by atoms with E-state index in [4.69, 9.17) is 55.9 Å². The fourth-order valence-electron chi connectivity index (χ4n) is 5.74. The van der Waals surface area contributed by atoms with Gasteiger partial charge >= 0.3 is 11.9 Å². The minimum atomic E-state index is -0.303. The summed E-state index contributed by atoms with van der Waals surface area (Å²) in [6.07, 6.45) is 4.14. The van der Waals surface area contributed by atoms with Crippen molar-refractivity contribution in [1.82, 2.24) is 0 Å². The lowest BCUT2D eigenvalue weighted by Gasteiger charge is -2.27. The Morgan fingerprint density at radius 3 is 1.95 bits per heavy atom. The number of quaternary nitrogens is 1. The van der Waals surface area contributed by atoms with E-state index in [0.29, 0.717) is 65.7 Å². The number of anilines is 3. The topological polar surface area (TPSA) is 66.8 Å². The van der Waals surface area contributed by atoms with Crippen LogP contribution < -0.4 is 43.6 Å². The molecule has 240 valence electrons. The molecule has 0 saturated heterocycles. The molecule has 2 aromatic rings. The van der Waals surface area contributed by atoms with E-state index in [2.05, 4.69) is 40.4 Å². The highest BCUT2D eigenvalue weighted by Gasteiger charge is 2.40. The maximum Gasteiger partial charge on any atom is 0.302 e. The quantitative estimate of drug-likeness (QED) is 0.153. The Bertz CT molecular complexity index is 1440. The Morgan fingerprint density at radius 2 is 1.39 bits per heavy atom. The maximum absolute atomic E-state index is 11.3. The molecule has 8 nitrogen and oxygen atoms in total. The number of hydrogen-bond acceptors (Lipinski definition) is 7. The van der Waals surface area contributed by atoms with E-state index in [-0.39, 0.29) is 42.1 Å². The number of carbonyl (C=O) groups excluding carboxylic acids is 2. The van der Waals surface area contributed by atoms with Gasteiger partial charge in [-0.05, 0) is 44.5 Å². The molecule has 4 rings (SSSR count). The third-order valence-electron chi connectivity index (χ3n) is 7.54. The van der Waals surface area contributed by atoms with Crippen LogP contribution in [0, 0.1) is 0 Å². The summed E-state index contributed by atoms with van der Waals surface area (Å²) in [7, 11) is 0. The van der Waals surface area contributed by atoms with Crippen LogP contribution in [0.4, 0.5) is 22.7 Å². The zero-order valence-corrected chi connectivity index (χ0v) is 30.4. The van der Waals surface area contributed by atoms with Gasteiger partial charge in [0.25, 0.3) is 0 Å².